The zero-order chi connectivity index (χ0) is 18.7. The van der Waals surface area contributed by atoms with E-state index < -0.39 is 0 Å². The van der Waals surface area contributed by atoms with Crippen LogP contribution in [0.3, 0.4) is 0 Å². The number of nitrogens with zero attached hydrogens (tertiary/aromatic N) is 2. The van der Waals surface area contributed by atoms with E-state index in [1.54, 1.807) is 28.6 Å². The molecule has 0 unspecified atom stereocenters. The summed E-state index contributed by atoms with van der Waals surface area (Å²) in [4.78, 5) is 24.7. The second-order valence-corrected chi connectivity index (χ2v) is 7.68. The maximum absolute atomic E-state index is 12.7. The molecule has 138 valence electrons. The number of hydrogen-bond donors (Lipinski definition) is 2. The molecule has 0 atom stereocenters. The Labute approximate surface area is 165 Å². The number of hydrogen-bond acceptors (Lipinski definition) is 4. The summed E-state index contributed by atoms with van der Waals surface area (Å²) in [6.07, 6.45) is 0.858. The summed E-state index contributed by atoms with van der Waals surface area (Å²) in [6, 6.07) is 4.70. The molecular formula is C17H18Cl2N4O2S. The summed E-state index contributed by atoms with van der Waals surface area (Å²) in [7, 11) is 0. The van der Waals surface area contributed by atoms with Crippen LogP contribution < -0.4 is 10.6 Å². The number of carbonyl (C=O) groups excluding carboxylic acids is 2. The van der Waals surface area contributed by atoms with E-state index in [0.717, 1.165) is 29.2 Å². The highest BCUT2D eigenvalue weighted by Gasteiger charge is 2.25. The Kier molecular flexibility index (Phi) is 6.11. The molecule has 0 fully saturated rings. The molecular weight excluding hydrogens is 395 g/mol. The lowest BCUT2D eigenvalue weighted by molar-refractivity contribution is -0.121. The van der Waals surface area contributed by atoms with Crippen LogP contribution in [0.2, 0.25) is 10.0 Å². The molecule has 2 N–H and O–H groups in total. The third-order valence-corrected chi connectivity index (χ3v) is 5.41. The van der Waals surface area contributed by atoms with Gasteiger partial charge in [0.05, 0.1) is 16.3 Å². The lowest BCUT2D eigenvalue weighted by Crippen LogP contribution is -2.29. The Balaban J connectivity index is 1.84. The monoisotopic (exact) mass is 412 g/mol. The fourth-order valence-corrected chi connectivity index (χ4v) is 4.15. The highest BCUT2D eigenvalue weighted by Crippen LogP contribution is 2.35. The molecule has 0 radical (unpaired) electrons. The summed E-state index contributed by atoms with van der Waals surface area (Å²) >= 11 is 13.7. The average Bonchev–Trinajstić information content (AvgIpc) is 3.16. The first-order chi connectivity index (χ1) is 12.5. The number of halogens is 2. The summed E-state index contributed by atoms with van der Waals surface area (Å²) in [5.41, 5.74) is 2.17. The van der Waals surface area contributed by atoms with Crippen molar-refractivity contribution < 1.29 is 9.59 Å². The van der Waals surface area contributed by atoms with Crippen molar-refractivity contribution in [3.05, 3.63) is 45.1 Å². The topological polar surface area (TPSA) is 76.0 Å². The normalized spacial score (nSPS) is 12.7. The minimum absolute atomic E-state index is 0.0572. The first kappa shape index (κ1) is 19.1. The summed E-state index contributed by atoms with van der Waals surface area (Å²) in [5, 5.41) is 10.9. The van der Waals surface area contributed by atoms with E-state index >= 15 is 0 Å². The maximum atomic E-state index is 12.7. The molecule has 3 rings (SSSR count). The number of rotatable bonds is 6. The van der Waals surface area contributed by atoms with Gasteiger partial charge >= 0.3 is 0 Å². The van der Waals surface area contributed by atoms with E-state index in [2.05, 4.69) is 15.7 Å². The van der Waals surface area contributed by atoms with Gasteiger partial charge in [-0.15, -0.1) is 0 Å². The number of thioether (sulfide) groups is 1. The molecule has 6 nitrogen and oxygen atoms in total. The van der Waals surface area contributed by atoms with Gasteiger partial charge in [-0.25, -0.2) is 4.68 Å². The Morgan fingerprint density at radius 2 is 2.12 bits per heavy atom. The van der Waals surface area contributed by atoms with Crippen molar-refractivity contribution in [3.8, 4) is 0 Å². The van der Waals surface area contributed by atoms with Crippen LogP contribution in [-0.4, -0.2) is 28.1 Å². The van der Waals surface area contributed by atoms with E-state index in [-0.39, 0.29) is 23.4 Å². The Morgan fingerprint density at radius 1 is 1.31 bits per heavy atom. The van der Waals surface area contributed by atoms with Crippen molar-refractivity contribution in [2.45, 2.75) is 31.4 Å². The molecule has 1 aromatic carbocycles. The lowest BCUT2D eigenvalue weighted by Gasteiger charge is -2.12. The molecule has 0 saturated carbocycles. The second kappa shape index (κ2) is 8.33. The van der Waals surface area contributed by atoms with Crippen LogP contribution in [0.1, 0.15) is 35.0 Å². The summed E-state index contributed by atoms with van der Waals surface area (Å²) in [5.74, 6) is 1.56. The fourth-order valence-electron chi connectivity index (χ4n) is 2.63. The lowest BCUT2D eigenvalue weighted by atomic mass is 10.2. The summed E-state index contributed by atoms with van der Waals surface area (Å²) in [6.45, 7) is 2.65. The minimum atomic E-state index is -0.360. The van der Waals surface area contributed by atoms with Crippen molar-refractivity contribution in [3.63, 3.8) is 0 Å². The van der Waals surface area contributed by atoms with Crippen molar-refractivity contribution in [2.75, 3.05) is 11.9 Å². The third-order valence-electron chi connectivity index (χ3n) is 3.89. The number of aromatic nitrogens is 2. The molecule has 2 amide bonds. The quantitative estimate of drug-likeness (QED) is 0.757. The molecule has 0 aliphatic carbocycles. The number of benzene rings is 1. The first-order valence-electron chi connectivity index (χ1n) is 8.19. The molecule has 2 aromatic rings. The number of nitrogens with one attached hydrogen (secondary N) is 2. The largest absolute Gasteiger partial charge is 0.355 e. The van der Waals surface area contributed by atoms with Gasteiger partial charge in [0.2, 0.25) is 5.91 Å². The SMILES string of the molecule is CCCNC(=O)Cn1nc2c(c1NC(=O)c1ccc(Cl)cc1Cl)CSC2. The standard InChI is InChI=1S/C17H18Cl2N4O2S/c1-2-5-20-15(24)7-23-16(12-8-26-9-14(12)22-23)21-17(25)11-4-3-10(18)6-13(11)19/h3-4,6H,2,5,7-9H2,1H3,(H,20,24)(H,21,25). The number of fused-ring (bicyclic) bond motifs is 1. The smallest absolute Gasteiger partial charge is 0.258 e. The van der Waals surface area contributed by atoms with Crippen molar-refractivity contribution in [1.29, 1.82) is 0 Å². The zero-order valence-electron chi connectivity index (χ0n) is 14.1. The molecule has 1 aromatic heterocycles. The van der Waals surface area contributed by atoms with Crippen LogP contribution in [0.5, 0.6) is 0 Å². The molecule has 26 heavy (non-hydrogen) atoms. The predicted octanol–water partition coefficient (Wildman–Crippen LogP) is 3.72. The second-order valence-electron chi connectivity index (χ2n) is 5.85. The van der Waals surface area contributed by atoms with Crippen LogP contribution in [0.25, 0.3) is 0 Å². The van der Waals surface area contributed by atoms with E-state index in [0.29, 0.717) is 22.9 Å². The van der Waals surface area contributed by atoms with Gasteiger partial charge in [0.25, 0.3) is 5.91 Å². The molecule has 1 aliphatic rings. The van der Waals surface area contributed by atoms with Crippen LogP contribution in [0, 0.1) is 0 Å². The van der Waals surface area contributed by atoms with E-state index in [4.69, 9.17) is 23.2 Å². The van der Waals surface area contributed by atoms with Gasteiger partial charge in [0.1, 0.15) is 12.4 Å². The Hall–Kier alpha value is -1.70. The van der Waals surface area contributed by atoms with E-state index in [1.807, 2.05) is 6.92 Å². The number of amides is 2. The van der Waals surface area contributed by atoms with Gasteiger partial charge in [-0.3, -0.25) is 9.59 Å². The van der Waals surface area contributed by atoms with Gasteiger partial charge < -0.3 is 10.6 Å². The van der Waals surface area contributed by atoms with Crippen LogP contribution in [0.15, 0.2) is 18.2 Å². The molecule has 0 spiro atoms. The molecule has 9 heteroatoms. The first-order valence-corrected chi connectivity index (χ1v) is 10.1. The summed E-state index contributed by atoms with van der Waals surface area (Å²) < 4.78 is 1.55. The van der Waals surface area contributed by atoms with Gasteiger partial charge in [0, 0.05) is 28.6 Å². The van der Waals surface area contributed by atoms with Crippen LogP contribution in [0.4, 0.5) is 5.82 Å². The molecule has 2 heterocycles. The molecule has 0 saturated heterocycles. The Morgan fingerprint density at radius 3 is 2.85 bits per heavy atom. The Bertz CT molecular complexity index is 854. The van der Waals surface area contributed by atoms with Crippen molar-refractivity contribution in [2.24, 2.45) is 0 Å². The highest BCUT2D eigenvalue weighted by atomic mass is 35.5. The van der Waals surface area contributed by atoms with E-state index in [1.165, 1.54) is 6.07 Å². The zero-order valence-corrected chi connectivity index (χ0v) is 16.5. The maximum Gasteiger partial charge on any atom is 0.258 e. The van der Waals surface area contributed by atoms with Gasteiger partial charge in [-0.1, -0.05) is 30.1 Å². The van der Waals surface area contributed by atoms with Gasteiger partial charge in [-0.2, -0.15) is 16.9 Å². The molecule has 1 aliphatic heterocycles. The minimum Gasteiger partial charge on any atom is -0.355 e. The van der Waals surface area contributed by atoms with Crippen molar-refractivity contribution >= 4 is 52.6 Å². The van der Waals surface area contributed by atoms with Crippen LogP contribution >= 0.6 is 35.0 Å². The number of carbonyl (C=O) groups is 2. The number of anilines is 1. The predicted molar refractivity (Wildman–Crippen MR) is 105 cm³/mol. The third kappa shape index (κ3) is 4.16. The van der Waals surface area contributed by atoms with E-state index in [9.17, 15) is 9.59 Å². The van der Waals surface area contributed by atoms with Crippen molar-refractivity contribution in [1.82, 2.24) is 15.1 Å². The van der Waals surface area contributed by atoms with Gasteiger partial charge in [0.15, 0.2) is 0 Å². The highest BCUT2D eigenvalue weighted by molar-refractivity contribution is 7.98. The van der Waals surface area contributed by atoms with Crippen LogP contribution in [-0.2, 0) is 22.8 Å². The van der Waals surface area contributed by atoms with Gasteiger partial charge in [-0.05, 0) is 24.6 Å². The molecule has 0 bridgehead atoms. The average molecular weight is 413 g/mol. The fraction of sp³-hybridized carbons (Fsp3) is 0.353.